The van der Waals surface area contributed by atoms with Gasteiger partial charge in [0.25, 0.3) is 0 Å². The van der Waals surface area contributed by atoms with Crippen LogP contribution in [0.1, 0.15) is 38.7 Å². The van der Waals surface area contributed by atoms with Crippen molar-refractivity contribution >= 4 is 42.2 Å². The van der Waals surface area contributed by atoms with Crippen LogP contribution in [0.5, 0.6) is 0 Å². The fourth-order valence-corrected chi connectivity index (χ4v) is 3.48. The quantitative estimate of drug-likeness (QED) is 0.152. The van der Waals surface area contributed by atoms with Gasteiger partial charge >= 0.3 is 5.97 Å². The van der Waals surface area contributed by atoms with Crippen LogP contribution in [-0.2, 0) is 30.4 Å². The van der Waals surface area contributed by atoms with Gasteiger partial charge in [0.2, 0.25) is 23.6 Å². The number of nitrogens with two attached hydrogens (primary N) is 2. The van der Waals surface area contributed by atoms with Gasteiger partial charge in [0.05, 0.1) is 6.04 Å². The number of carbonyl (C=O) groups excluding carboxylic acids is 4. The molecule has 0 bridgehead atoms. The zero-order valence-electron chi connectivity index (χ0n) is 19.9. The number of rotatable bonds is 15. The summed E-state index contributed by atoms with van der Waals surface area (Å²) in [6.45, 7) is 3.63. The van der Waals surface area contributed by atoms with Crippen LogP contribution in [0.3, 0.4) is 0 Å². The summed E-state index contributed by atoms with van der Waals surface area (Å²) in [6, 6.07) is 4.59. The first-order valence-corrected chi connectivity index (χ1v) is 11.9. The number of aliphatic carboxylic acids is 1. The van der Waals surface area contributed by atoms with Gasteiger partial charge in [-0.3, -0.25) is 19.2 Å². The highest BCUT2D eigenvalue weighted by atomic mass is 32.1. The third-order valence-corrected chi connectivity index (χ3v) is 5.45. The molecular weight excluding hydrogens is 474 g/mol. The van der Waals surface area contributed by atoms with E-state index in [0.717, 1.165) is 5.56 Å². The van der Waals surface area contributed by atoms with Gasteiger partial charge < -0.3 is 32.5 Å². The molecular formula is C23H35N5O6S. The molecule has 0 saturated carbocycles. The van der Waals surface area contributed by atoms with E-state index in [2.05, 4.69) is 28.6 Å². The number of carboxylic acids is 1. The highest BCUT2D eigenvalue weighted by Gasteiger charge is 2.30. The lowest BCUT2D eigenvalue weighted by Crippen LogP contribution is -2.58. The van der Waals surface area contributed by atoms with Crippen LogP contribution < -0.4 is 27.4 Å². The Morgan fingerprint density at radius 2 is 1.46 bits per heavy atom. The molecule has 0 radical (unpaired) electrons. The molecule has 4 atom stereocenters. The predicted molar refractivity (Wildman–Crippen MR) is 133 cm³/mol. The number of primary amides is 1. The second-order valence-corrected chi connectivity index (χ2v) is 9.00. The smallest absolute Gasteiger partial charge is 0.326 e. The fourth-order valence-electron chi connectivity index (χ4n) is 3.23. The fraction of sp³-hybridized carbons (Fsp3) is 0.522. The zero-order chi connectivity index (χ0) is 26.5. The van der Waals surface area contributed by atoms with Crippen LogP contribution in [0.2, 0.25) is 0 Å². The first kappa shape index (κ1) is 29.9. The van der Waals surface area contributed by atoms with E-state index in [4.69, 9.17) is 11.5 Å². The Hall–Kier alpha value is -3.12. The van der Waals surface area contributed by atoms with Crippen molar-refractivity contribution in [1.29, 1.82) is 0 Å². The summed E-state index contributed by atoms with van der Waals surface area (Å²) in [7, 11) is 0. The van der Waals surface area contributed by atoms with Gasteiger partial charge in [0.15, 0.2) is 0 Å². The van der Waals surface area contributed by atoms with Gasteiger partial charge in [-0.05, 0) is 30.7 Å². The molecule has 0 aliphatic heterocycles. The molecule has 11 nitrogen and oxygen atoms in total. The summed E-state index contributed by atoms with van der Waals surface area (Å²) >= 11 is 4.08. The Morgan fingerprint density at radius 1 is 0.914 bits per heavy atom. The summed E-state index contributed by atoms with van der Waals surface area (Å²) in [6.07, 6.45) is 0.117. The lowest BCUT2D eigenvalue weighted by atomic mass is 10.0. The molecule has 0 saturated heterocycles. The Labute approximate surface area is 210 Å². The van der Waals surface area contributed by atoms with Gasteiger partial charge in [-0.2, -0.15) is 12.6 Å². The van der Waals surface area contributed by atoms with Gasteiger partial charge in [-0.25, -0.2) is 4.79 Å². The molecule has 4 unspecified atom stereocenters. The number of amides is 4. The van der Waals surface area contributed by atoms with E-state index in [9.17, 15) is 29.1 Å². The van der Waals surface area contributed by atoms with Gasteiger partial charge in [0, 0.05) is 12.2 Å². The minimum atomic E-state index is -1.20. The lowest BCUT2D eigenvalue weighted by Gasteiger charge is -2.24. The van der Waals surface area contributed by atoms with E-state index in [1.54, 1.807) is 0 Å². The van der Waals surface area contributed by atoms with E-state index < -0.39 is 53.8 Å². The zero-order valence-corrected chi connectivity index (χ0v) is 20.8. The van der Waals surface area contributed by atoms with Crippen molar-refractivity contribution in [3.8, 4) is 0 Å². The van der Waals surface area contributed by atoms with Crippen molar-refractivity contribution in [2.45, 2.75) is 63.7 Å². The summed E-state index contributed by atoms with van der Waals surface area (Å²) in [5, 5.41) is 16.7. The number of hydrogen-bond acceptors (Lipinski definition) is 7. The number of benzene rings is 1. The SMILES string of the molecule is CC(C)CC(NC(=O)C(CS)NC(=O)C(CCC(N)=O)NC(=O)C(N)Cc1ccccc1)C(=O)O. The molecule has 12 heteroatoms. The molecule has 0 aliphatic rings. The average Bonchev–Trinajstić information content (AvgIpc) is 2.79. The van der Waals surface area contributed by atoms with Crippen molar-refractivity contribution in [3.63, 3.8) is 0 Å². The number of carboxylic acid groups (broad SMARTS) is 1. The normalized spacial score (nSPS) is 14.3. The van der Waals surface area contributed by atoms with Crippen LogP contribution in [0.4, 0.5) is 0 Å². The molecule has 0 spiro atoms. The molecule has 8 N–H and O–H groups in total. The van der Waals surface area contributed by atoms with E-state index in [1.165, 1.54) is 0 Å². The first-order valence-electron chi connectivity index (χ1n) is 11.3. The molecule has 194 valence electrons. The third kappa shape index (κ3) is 11.2. The van der Waals surface area contributed by atoms with E-state index in [-0.39, 0.29) is 37.4 Å². The van der Waals surface area contributed by atoms with Gasteiger partial charge in [-0.15, -0.1) is 0 Å². The Bertz CT molecular complexity index is 882. The van der Waals surface area contributed by atoms with E-state index >= 15 is 0 Å². The highest BCUT2D eigenvalue weighted by molar-refractivity contribution is 7.80. The number of thiol groups is 1. The standard InChI is InChI=1S/C23H35N5O6S/c1-13(2)10-17(23(33)34)27-22(32)18(12-35)28-21(31)16(8-9-19(25)29)26-20(30)15(24)11-14-6-4-3-5-7-14/h3-7,13,15-18,35H,8-12,24H2,1-2H3,(H2,25,29)(H,26,30)(H,27,32)(H,28,31)(H,33,34). The lowest BCUT2D eigenvalue weighted by molar-refractivity contribution is -0.142. The number of hydrogen-bond donors (Lipinski definition) is 7. The maximum absolute atomic E-state index is 12.9. The van der Waals surface area contributed by atoms with Crippen molar-refractivity contribution < 1.29 is 29.1 Å². The van der Waals surface area contributed by atoms with E-state index in [0.29, 0.717) is 0 Å². The number of nitrogens with one attached hydrogen (secondary N) is 3. The predicted octanol–water partition coefficient (Wildman–Crippen LogP) is -0.663. The van der Waals surface area contributed by atoms with Gasteiger partial charge in [0.1, 0.15) is 18.1 Å². The van der Waals surface area contributed by atoms with Crippen molar-refractivity contribution in [1.82, 2.24) is 16.0 Å². The minimum absolute atomic E-state index is 0.00827. The largest absolute Gasteiger partial charge is 0.480 e. The Kier molecular flexibility index (Phi) is 12.8. The molecule has 0 heterocycles. The molecule has 0 fully saturated rings. The van der Waals surface area contributed by atoms with Crippen LogP contribution in [-0.4, -0.2) is 64.6 Å². The summed E-state index contributed by atoms with van der Waals surface area (Å²) in [5.74, 6) is -4.10. The maximum Gasteiger partial charge on any atom is 0.326 e. The van der Waals surface area contributed by atoms with Crippen LogP contribution in [0, 0.1) is 5.92 Å². The molecule has 4 amide bonds. The van der Waals surface area contributed by atoms with E-state index in [1.807, 2.05) is 44.2 Å². The molecule has 0 aliphatic carbocycles. The van der Waals surface area contributed by atoms with Crippen LogP contribution in [0.25, 0.3) is 0 Å². The molecule has 1 aromatic carbocycles. The molecule has 1 rings (SSSR count). The van der Waals surface area contributed by atoms with Crippen molar-refractivity contribution in [2.75, 3.05) is 5.75 Å². The first-order chi connectivity index (χ1) is 16.4. The van der Waals surface area contributed by atoms with Crippen molar-refractivity contribution in [3.05, 3.63) is 35.9 Å². The minimum Gasteiger partial charge on any atom is -0.480 e. The number of carbonyl (C=O) groups is 5. The van der Waals surface area contributed by atoms with Gasteiger partial charge in [-0.1, -0.05) is 44.2 Å². The second-order valence-electron chi connectivity index (χ2n) is 8.64. The topological polar surface area (TPSA) is 194 Å². The highest BCUT2D eigenvalue weighted by Crippen LogP contribution is 2.07. The molecule has 0 aromatic heterocycles. The monoisotopic (exact) mass is 509 g/mol. The Morgan fingerprint density at radius 3 is 1.97 bits per heavy atom. The van der Waals surface area contributed by atoms with Crippen LogP contribution >= 0.6 is 12.6 Å². The summed E-state index contributed by atoms with van der Waals surface area (Å²) in [4.78, 5) is 60.9. The molecule has 35 heavy (non-hydrogen) atoms. The summed E-state index contributed by atoms with van der Waals surface area (Å²) in [5.41, 5.74) is 12.0. The third-order valence-electron chi connectivity index (χ3n) is 5.08. The summed E-state index contributed by atoms with van der Waals surface area (Å²) < 4.78 is 0. The maximum atomic E-state index is 12.9. The van der Waals surface area contributed by atoms with Crippen LogP contribution in [0.15, 0.2) is 30.3 Å². The Balaban J connectivity index is 2.87. The molecule has 1 aromatic rings. The van der Waals surface area contributed by atoms with Crippen molar-refractivity contribution in [2.24, 2.45) is 17.4 Å². The average molecular weight is 510 g/mol. The second kappa shape index (κ2) is 15.0.